The van der Waals surface area contributed by atoms with Gasteiger partial charge in [-0.05, 0) is 55.0 Å². The van der Waals surface area contributed by atoms with Crippen molar-refractivity contribution in [3.63, 3.8) is 0 Å². The summed E-state index contributed by atoms with van der Waals surface area (Å²) in [5, 5.41) is 10.8. The summed E-state index contributed by atoms with van der Waals surface area (Å²) in [5.41, 5.74) is 4.32. The lowest BCUT2D eigenvalue weighted by atomic mass is 10.1. The Morgan fingerprint density at radius 3 is 2.38 bits per heavy atom. The zero-order valence-corrected chi connectivity index (χ0v) is 31.5. The summed E-state index contributed by atoms with van der Waals surface area (Å²) in [6.07, 6.45) is 5.97. The van der Waals surface area contributed by atoms with Crippen molar-refractivity contribution in [2.24, 2.45) is 0 Å². The Balaban J connectivity index is 0.00000312. The van der Waals surface area contributed by atoms with Gasteiger partial charge in [0.25, 0.3) is 5.91 Å². The fourth-order valence-corrected chi connectivity index (χ4v) is 5.24. The summed E-state index contributed by atoms with van der Waals surface area (Å²) < 4.78 is 7.86. The Hall–Kier alpha value is -4.10. The normalized spacial score (nSPS) is 10.2. The molecule has 5 aromatic rings. The van der Waals surface area contributed by atoms with Crippen molar-refractivity contribution < 1.29 is 19.1 Å². The van der Waals surface area contributed by atoms with Gasteiger partial charge in [-0.25, -0.2) is 14.6 Å². The van der Waals surface area contributed by atoms with Gasteiger partial charge in [-0.3, -0.25) is 14.4 Å². The lowest BCUT2D eigenvalue weighted by Crippen LogP contribution is -2.37. The zero-order chi connectivity index (χ0) is 32.8. The molecule has 0 aliphatic carbocycles. The number of ether oxygens (including phenoxy) is 1. The van der Waals surface area contributed by atoms with Gasteiger partial charge in [-0.2, -0.15) is 5.10 Å². The number of likely N-dealkylation sites (N-methyl/N-ethyl adjacent to an activating group) is 1. The molecule has 266 valence electrons. The van der Waals surface area contributed by atoms with Gasteiger partial charge in [0, 0.05) is 47.4 Å². The van der Waals surface area contributed by atoms with Crippen molar-refractivity contribution in [3.05, 3.63) is 112 Å². The van der Waals surface area contributed by atoms with E-state index in [0.29, 0.717) is 33.1 Å². The molecule has 0 bridgehead atoms. The number of carbonyl (C=O) groups is 3. The van der Waals surface area contributed by atoms with Gasteiger partial charge in [-0.15, -0.1) is 49.6 Å². The minimum Gasteiger partial charge on any atom is -0.487 e. The van der Waals surface area contributed by atoms with Crippen LogP contribution in [-0.4, -0.2) is 58.1 Å². The predicted octanol–water partition coefficient (Wildman–Crippen LogP) is 6.85. The van der Waals surface area contributed by atoms with Crippen LogP contribution in [0.2, 0.25) is 10.0 Å². The van der Waals surface area contributed by atoms with Crippen LogP contribution < -0.4 is 20.3 Å². The van der Waals surface area contributed by atoms with E-state index in [-0.39, 0.29) is 73.7 Å². The van der Waals surface area contributed by atoms with E-state index < -0.39 is 11.8 Å². The molecule has 2 aromatic heterocycles. The zero-order valence-electron chi connectivity index (χ0n) is 26.8. The summed E-state index contributed by atoms with van der Waals surface area (Å²) in [4.78, 5) is 47.1. The number of rotatable bonds is 10. The molecule has 0 aliphatic heterocycles. The highest BCUT2D eigenvalue weighted by atomic mass is 35.5. The molecule has 0 saturated carbocycles. The highest BCUT2D eigenvalue weighted by Gasteiger charge is 2.20. The number of para-hydroxylation sites is 1. The van der Waals surface area contributed by atoms with Gasteiger partial charge in [0.05, 0.1) is 22.9 Å². The van der Waals surface area contributed by atoms with Gasteiger partial charge in [0.15, 0.2) is 0 Å². The van der Waals surface area contributed by atoms with Gasteiger partial charge in [0.1, 0.15) is 30.5 Å². The molecule has 0 aliphatic rings. The van der Waals surface area contributed by atoms with Gasteiger partial charge >= 0.3 is 0 Å². The van der Waals surface area contributed by atoms with Crippen molar-refractivity contribution in [1.29, 1.82) is 0 Å². The van der Waals surface area contributed by atoms with Crippen molar-refractivity contribution in [1.82, 2.24) is 30.4 Å². The van der Waals surface area contributed by atoms with Crippen LogP contribution in [0.3, 0.4) is 0 Å². The summed E-state index contributed by atoms with van der Waals surface area (Å²) in [6.45, 7) is 1.62. The SMILES string of the molecule is CNC(=O)c1ccc(/C=C/C(=O)NCC(=O)N(C)c2ccc(Cl)c(COc3cccc4c(-n5cncn5)cc(C)nc34)c2Cl)cc1.Cl.Cl.Cl.Cl. The van der Waals surface area contributed by atoms with E-state index >= 15 is 0 Å². The van der Waals surface area contributed by atoms with E-state index in [1.807, 2.05) is 25.1 Å². The molecular formula is C33H33Cl6N7O4. The number of anilines is 1. The Morgan fingerprint density at radius 2 is 1.72 bits per heavy atom. The molecule has 2 heterocycles. The topological polar surface area (TPSA) is 131 Å². The molecule has 0 spiro atoms. The van der Waals surface area contributed by atoms with Crippen LogP contribution in [-0.2, 0) is 16.2 Å². The van der Waals surface area contributed by atoms with Crippen molar-refractivity contribution in [2.45, 2.75) is 13.5 Å². The van der Waals surface area contributed by atoms with Crippen LogP contribution >= 0.6 is 72.8 Å². The summed E-state index contributed by atoms with van der Waals surface area (Å²) in [7, 11) is 3.11. The number of aromatic nitrogens is 4. The fraction of sp³-hybridized carbons (Fsp3) is 0.152. The third-order valence-corrected chi connectivity index (χ3v) is 7.86. The van der Waals surface area contributed by atoms with E-state index in [1.54, 1.807) is 73.6 Å². The molecule has 0 unspecified atom stereocenters. The van der Waals surface area contributed by atoms with Gasteiger partial charge in [-0.1, -0.05) is 47.5 Å². The highest BCUT2D eigenvalue weighted by Crippen LogP contribution is 2.36. The number of halogens is 6. The monoisotopic (exact) mass is 801 g/mol. The molecule has 0 saturated heterocycles. The smallest absolute Gasteiger partial charge is 0.251 e. The fourth-order valence-electron chi connectivity index (χ4n) is 4.63. The number of pyridine rings is 1. The van der Waals surface area contributed by atoms with E-state index in [9.17, 15) is 14.4 Å². The number of benzene rings is 3. The standard InChI is InChI=1S/C33H29Cl2N7O4.4ClH/c1-20-15-27(42-19-37-18-39-42)23-5-4-6-28(32(23)40-20)46-17-24-25(34)12-13-26(31(24)35)41(3)30(44)16-38-29(43)14-9-21-7-10-22(11-8-21)33(45)36-2;;;;/h4-15,18-19H,16-17H2,1-3H3,(H,36,45)(H,38,43);4*1H/b14-9+;;;;. The molecule has 50 heavy (non-hydrogen) atoms. The lowest BCUT2D eigenvalue weighted by Gasteiger charge is -2.21. The summed E-state index contributed by atoms with van der Waals surface area (Å²) >= 11 is 13.3. The van der Waals surface area contributed by atoms with Gasteiger partial charge < -0.3 is 20.3 Å². The number of hydrogen-bond donors (Lipinski definition) is 2. The van der Waals surface area contributed by atoms with Crippen molar-refractivity contribution in [3.8, 4) is 11.4 Å². The van der Waals surface area contributed by atoms with Crippen LogP contribution in [0.1, 0.15) is 27.2 Å². The molecule has 3 aromatic carbocycles. The van der Waals surface area contributed by atoms with Crippen LogP contribution in [0.15, 0.2) is 79.4 Å². The first-order chi connectivity index (χ1) is 22.2. The third-order valence-electron chi connectivity index (χ3n) is 7.09. The van der Waals surface area contributed by atoms with Gasteiger partial charge in [0.2, 0.25) is 11.8 Å². The van der Waals surface area contributed by atoms with Crippen molar-refractivity contribution in [2.75, 3.05) is 25.5 Å². The Bertz CT molecular complexity index is 1960. The minimum absolute atomic E-state index is 0. The number of hydrogen-bond acceptors (Lipinski definition) is 7. The second kappa shape index (κ2) is 19.9. The first kappa shape index (κ1) is 43.9. The Kier molecular flexibility index (Phi) is 17.5. The lowest BCUT2D eigenvalue weighted by molar-refractivity contribution is -0.122. The summed E-state index contributed by atoms with van der Waals surface area (Å²) in [5.74, 6) is -0.545. The third kappa shape index (κ3) is 10.2. The van der Waals surface area contributed by atoms with Crippen LogP contribution in [0.25, 0.3) is 22.7 Å². The molecule has 3 amide bonds. The number of carbonyl (C=O) groups excluding carboxylic acids is 3. The first-order valence-corrected chi connectivity index (χ1v) is 14.8. The average Bonchev–Trinajstić information content (AvgIpc) is 3.60. The maximum Gasteiger partial charge on any atom is 0.251 e. The van der Waals surface area contributed by atoms with E-state index in [0.717, 1.165) is 22.3 Å². The van der Waals surface area contributed by atoms with E-state index in [1.165, 1.54) is 17.3 Å². The van der Waals surface area contributed by atoms with E-state index in [4.69, 9.17) is 32.9 Å². The Labute approximate surface area is 323 Å². The maximum atomic E-state index is 13.0. The molecular weight excluding hydrogens is 771 g/mol. The molecule has 0 radical (unpaired) electrons. The largest absolute Gasteiger partial charge is 0.487 e. The van der Waals surface area contributed by atoms with Crippen LogP contribution in [0.4, 0.5) is 5.69 Å². The second-order valence-electron chi connectivity index (χ2n) is 10.1. The maximum absolute atomic E-state index is 13.0. The quantitative estimate of drug-likeness (QED) is 0.148. The molecule has 5 rings (SSSR count). The summed E-state index contributed by atoms with van der Waals surface area (Å²) in [6, 6.07) is 17.5. The molecule has 11 nitrogen and oxygen atoms in total. The molecule has 0 fully saturated rings. The van der Waals surface area contributed by atoms with Crippen LogP contribution in [0, 0.1) is 6.92 Å². The minimum atomic E-state index is -0.459. The highest BCUT2D eigenvalue weighted by molar-refractivity contribution is 6.38. The number of amides is 3. The number of nitrogens with one attached hydrogen (secondary N) is 2. The molecule has 2 N–H and O–H groups in total. The number of nitrogens with zero attached hydrogens (tertiary/aromatic N) is 5. The molecule has 0 atom stereocenters. The predicted molar refractivity (Wildman–Crippen MR) is 206 cm³/mol. The van der Waals surface area contributed by atoms with Crippen LogP contribution in [0.5, 0.6) is 5.75 Å². The number of aryl methyl sites for hydroxylation is 1. The molecule has 17 heteroatoms. The van der Waals surface area contributed by atoms with Crippen molar-refractivity contribution >= 4 is 113 Å². The number of fused-ring (bicyclic) bond motifs is 1. The Morgan fingerprint density at radius 1 is 1.00 bits per heavy atom. The average molecular weight is 804 g/mol. The van der Waals surface area contributed by atoms with E-state index in [2.05, 4.69) is 20.7 Å². The first-order valence-electron chi connectivity index (χ1n) is 14.1. The second-order valence-corrected chi connectivity index (χ2v) is 10.9.